The van der Waals surface area contributed by atoms with E-state index in [9.17, 15) is 27.6 Å². The maximum absolute atomic E-state index is 14.5. The summed E-state index contributed by atoms with van der Waals surface area (Å²) in [6.45, 7) is 13.1. The second-order valence-corrected chi connectivity index (χ2v) is 18.2. The van der Waals surface area contributed by atoms with Crippen LogP contribution in [0.1, 0.15) is 78.3 Å². The van der Waals surface area contributed by atoms with Gasteiger partial charge < -0.3 is 25.0 Å². The molecule has 4 aliphatic rings. The molecular formula is C36H48N8O8S. The van der Waals surface area contributed by atoms with Crippen LogP contribution in [0, 0.1) is 16.7 Å². The van der Waals surface area contributed by atoms with Crippen LogP contribution in [0.25, 0.3) is 17.5 Å². The van der Waals surface area contributed by atoms with Gasteiger partial charge in [0.15, 0.2) is 0 Å². The second kappa shape index (κ2) is 13.9. The number of alkyl carbamates (subject to hydrolysis) is 1. The number of amides is 4. The molecule has 17 heteroatoms. The lowest BCUT2D eigenvalue weighted by molar-refractivity contribution is -0.142. The van der Waals surface area contributed by atoms with Gasteiger partial charge in [0.1, 0.15) is 23.4 Å². The van der Waals surface area contributed by atoms with Crippen LogP contribution in [0.15, 0.2) is 36.9 Å². The Labute approximate surface area is 309 Å². The number of rotatable bonds is 7. The van der Waals surface area contributed by atoms with Crippen molar-refractivity contribution in [3.63, 3.8) is 0 Å². The predicted molar refractivity (Wildman–Crippen MR) is 193 cm³/mol. The number of nitrogens with zero attached hydrogens (tertiary/aromatic N) is 5. The van der Waals surface area contributed by atoms with E-state index < -0.39 is 79.5 Å². The van der Waals surface area contributed by atoms with E-state index in [0.29, 0.717) is 36.4 Å². The van der Waals surface area contributed by atoms with Gasteiger partial charge in [-0.15, -0.1) is 16.8 Å². The molecule has 2 saturated carbocycles. The summed E-state index contributed by atoms with van der Waals surface area (Å²) in [5.74, 6) is -1.65. The molecule has 3 fully saturated rings. The smallest absolute Gasteiger partial charge is 0.407 e. The Hall–Kier alpha value is -4.80. The molecule has 0 unspecified atom stereocenters. The van der Waals surface area contributed by atoms with Gasteiger partial charge in [0.05, 0.1) is 25.0 Å². The van der Waals surface area contributed by atoms with Gasteiger partial charge in [0.25, 0.3) is 5.91 Å². The van der Waals surface area contributed by atoms with Crippen molar-refractivity contribution in [2.45, 2.75) is 95.6 Å². The molecule has 3 N–H and O–H groups in total. The zero-order valence-corrected chi connectivity index (χ0v) is 31.7. The number of fused-ring (bicyclic) bond motifs is 8. The lowest BCUT2D eigenvalue weighted by Crippen LogP contribution is -2.60. The van der Waals surface area contributed by atoms with E-state index in [4.69, 9.17) is 9.47 Å². The van der Waals surface area contributed by atoms with E-state index in [2.05, 4.69) is 37.3 Å². The van der Waals surface area contributed by atoms with Gasteiger partial charge in [-0.2, -0.15) is 4.80 Å². The first-order valence-electron chi connectivity index (χ1n) is 17.8. The summed E-state index contributed by atoms with van der Waals surface area (Å²) in [6, 6.07) is 2.58. The number of hydrogen-bond acceptors (Lipinski definition) is 11. The van der Waals surface area contributed by atoms with Crippen LogP contribution in [0.4, 0.5) is 4.79 Å². The van der Waals surface area contributed by atoms with Crippen molar-refractivity contribution in [1.29, 1.82) is 0 Å². The normalized spacial score (nSPS) is 27.9. The quantitative estimate of drug-likeness (QED) is 0.351. The lowest BCUT2D eigenvalue weighted by atomic mass is 9.85. The number of methoxy groups -OCH3 is 1. The number of carbonyl (C=O) groups is 4. The van der Waals surface area contributed by atoms with Gasteiger partial charge in [-0.3, -0.25) is 19.1 Å². The average Bonchev–Trinajstić information content (AvgIpc) is 3.97. The Morgan fingerprint density at radius 1 is 1.19 bits per heavy atom. The van der Waals surface area contributed by atoms with Crippen molar-refractivity contribution in [1.82, 2.24) is 40.5 Å². The summed E-state index contributed by atoms with van der Waals surface area (Å²) in [5.41, 5.74) is -1.41. The molecule has 1 aromatic heterocycles. The number of nitrogens with one attached hydrogen (secondary N) is 3. The molecule has 286 valence electrons. The minimum Gasteiger partial charge on any atom is -0.496 e. The maximum atomic E-state index is 14.5. The summed E-state index contributed by atoms with van der Waals surface area (Å²) in [5, 5.41) is 18.1. The van der Waals surface area contributed by atoms with Gasteiger partial charge in [0.2, 0.25) is 27.7 Å². The molecule has 5 atom stereocenters. The van der Waals surface area contributed by atoms with Crippen LogP contribution in [0.2, 0.25) is 0 Å². The number of hydrogen-bond donors (Lipinski definition) is 3. The number of sulfonamides is 1. The topological polar surface area (TPSA) is 204 Å². The average molecular weight is 753 g/mol. The molecule has 1 saturated heterocycles. The van der Waals surface area contributed by atoms with Crippen LogP contribution in [0.3, 0.4) is 0 Å². The van der Waals surface area contributed by atoms with E-state index in [0.717, 1.165) is 5.56 Å². The highest BCUT2D eigenvalue weighted by molar-refractivity contribution is 7.91. The third-order valence-electron chi connectivity index (χ3n) is 10.3. The van der Waals surface area contributed by atoms with Crippen LogP contribution < -0.4 is 20.1 Å². The number of cyclic esters (lactones) is 1. The summed E-state index contributed by atoms with van der Waals surface area (Å²) in [4.78, 5) is 58.3. The number of benzene rings is 1. The Kier molecular flexibility index (Phi) is 9.94. The van der Waals surface area contributed by atoms with Crippen molar-refractivity contribution in [2.24, 2.45) is 16.7 Å². The maximum Gasteiger partial charge on any atom is 0.407 e. The molecule has 6 bridgehead atoms. The summed E-state index contributed by atoms with van der Waals surface area (Å²) >= 11 is 0. The monoisotopic (exact) mass is 752 g/mol. The summed E-state index contributed by atoms with van der Waals surface area (Å²) in [6.07, 6.45) is 6.23. The molecule has 2 aliphatic carbocycles. The van der Waals surface area contributed by atoms with Crippen molar-refractivity contribution in [3.8, 4) is 17.1 Å². The van der Waals surface area contributed by atoms with Crippen LogP contribution >= 0.6 is 0 Å². The molecule has 16 nitrogen and oxygen atoms in total. The van der Waals surface area contributed by atoms with Gasteiger partial charge >= 0.3 is 6.09 Å². The van der Waals surface area contributed by atoms with Crippen molar-refractivity contribution in [3.05, 3.63) is 42.5 Å². The molecule has 2 aliphatic heterocycles. The number of allylic oxidation sites excluding steroid dienone is 1. The van der Waals surface area contributed by atoms with E-state index in [1.165, 1.54) is 15.8 Å². The molecule has 2 aromatic rings. The summed E-state index contributed by atoms with van der Waals surface area (Å²) in [7, 11) is -2.33. The van der Waals surface area contributed by atoms with Crippen LogP contribution in [0.5, 0.6) is 5.75 Å². The minimum atomic E-state index is -3.90. The molecule has 3 heterocycles. The summed E-state index contributed by atoms with van der Waals surface area (Å²) < 4.78 is 38.8. The first-order chi connectivity index (χ1) is 24.9. The molecule has 6 rings (SSSR count). The fraction of sp³-hybridized carbons (Fsp3) is 0.583. The third kappa shape index (κ3) is 7.94. The van der Waals surface area contributed by atoms with E-state index in [-0.39, 0.29) is 26.0 Å². The highest BCUT2D eigenvalue weighted by Gasteiger charge is 2.62. The standard InChI is InChI=1S/C36H48N8O8S/c1-8-23-18-36(23,32(47)41-53(49,50)25-12-13-25)38-30(45)26-17-24-19-43(26)31(46)28(34(2,3)4)37-33(48)52-20-35(5,6)15-9-10-21-16-22(11-14-27(21)51-7)29-39-42-44(24)40-29/h8-11,14,16,23-26,28H,1,12-13,15,17-20H2,2-7H3,(H,37,48)(H,38,45)(H,41,47)/b10-9-/t23-,24-,26+,28-,36-/m1/s1. The number of aromatic nitrogens is 4. The predicted octanol–water partition coefficient (Wildman–Crippen LogP) is 2.74. The molecule has 0 radical (unpaired) electrons. The van der Waals surface area contributed by atoms with Crippen molar-refractivity contribution >= 4 is 39.9 Å². The molecule has 1 aromatic carbocycles. The Morgan fingerprint density at radius 3 is 2.57 bits per heavy atom. The van der Waals surface area contributed by atoms with Gasteiger partial charge in [0, 0.05) is 35.4 Å². The Balaban J connectivity index is 1.36. The van der Waals surface area contributed by atoms with E-state index in [1.54, 1.807) is 33.9 Å². The highest BCUT2D eigenvalue weighted by atomic mass is 32.2. The fourth-order valence-corrected chi connectivity index (χ4v) is 8.15. The van der Waals surface area contributed by atoms with Gasteiger partial charge in [-0.05, 0) is 54.5 Å². The van der Waals surface area contributed by atoms with Crippen molar-refractivity contribution in [2.75, 3.05) is 20.3 Å². The zero-order chi connectivity index (χ0) is 38.5. The zero-order valence-electron chi connectivity index (χ0n) is 30.9. The Bertz CT molecular complexity index is 1950. The number of tetrazole rings is 1. The fourth-order valence-electron chi connectivity index (χ4n) is 6.79. The molecule has 0 spiro atoms. The highest BCUT2D eigenvalue weighted by Crippen LogP contribution is 2.46. The first-order valence-corrected chi connectivity index (χ1v) is 19.3. The van der Waals surface area contributed by atoms with E-state index >= 15 is 0 Å². The lowest BCUT2D eigenvalue weighted by Gasteiger charge is -2.35. The SMILES string of the molecule is C=C[C@@H]1C[C@]1(NC(=O)[C@@H]1C[C@@H]2CN1C(=O)[C@H](C(C)(C)C)NC(=O)OCC(C)(C)C/C=C\c1cc(ccc1OC)-c1nnn2n1)C(=O)NS(=O)(=O)C1CC1. The molecule has 4 amide bonds. The van der Waals surface area contributed by atoms with Crippen molar-refractivity contribution < 1.29 is 37.1 Å². The number of ether oxygens (including phenoxy) is 2. The van der Waals surface area contributed by atoms with Gasteiger partial charge in [-0.1, -0.05) is 52.8 Å². The molecular weight excluding hydrogens is 705 g/mol. The first kappa shape index (κ1) is 37.9. The van der Waals surface area contributed by atoms with Crippen LogP contribution in [-0.4, -0.2) is 100 Å². The van der Waals surface area contributed by atoms with Crippen LogP contribution in [-0.2, 0) is 29.1 Å². The largest absolute Gasteiger partial charge is 0.496 e. The Morgan fingerprint density at radius 2 is 1.92 bits per heavy atom. The van der Waals surface area contributed by atoms with Gasteiger partial charge in [-0.25, -0.2) is 13.2 Å². The molecule has 53 heavy (non-hydrogen) atoms. The third-order valence-corrected chi connectivity index (χ3v) is 12.1. The second-order valence-electron chi connectivity index (χ2n) is 16.3. The van der Waals surface area contributed by atoms with E-state index in [1.807, 2.05) is 38.1 Å². The number of carbonyl (C=O) groups excluding carboxylic acids is 4. The minimum absolute atomic E-state index is 0.0280.